The van der Waals surface area contributed by atoms with Gasteiger partial charge in [-0.25, -0.2) is 0 Å². The summed E-state index contributed by atoms with van der Waals surface area (Å²) in [6.45, 7) is 2.32. The van der Waals surface area contributed by atoms with Crippen LogP contribution < -0.4 is 0 Å². The molecule has 19 heavy (non-hydrogen) atoms. The molecule has 0 N–H and O–H groups in total. The van der Waals surface area contributed by atoms with Gasteiger partial charge in [-0.3, -0.25) is 0 Å². The van der Waals surface area contributed by atoms with Crippen LogP contribution in [0, 0.1) is 0 Å². The van der Waals surface area contributed by atoms with E-state index < -0.39 is 21.8 Å². The van der Waals surface area contributed by atoms with Gasteiger partial charge in [0.1, 0.15) is 0 Å². The van der Waals surface area contributed by atoms with E-state index in [1.807, 2.05) is 0 Å². The molecule has 0 heterocycles. The average molecular weight is 327 g/mol. The van der Waals surface area contributed by atoms with Crippen molar-refractivity contribution in [3.05, 3.63) is 76.9 Å². The topological polar surface area (TPSA) is 0 Å². The molecular weight excluding hydrogens is 307 g/mol. The average Bonchev–Trinajstić information content (AvgIpc) is 2.75. The van der Waals surface area contributed by atoms with Crippen LogP contribution in [0.25, 0.3) is 6.08 Å². The van der Waals surface area contributed by atoms with Crippen molar-refractivity contribution in [2.24, 2.45) is 0 Å². The molecule has 1 aliphatic carbocycles. The molecule has 1 heteroatoms. The Balaban J connectivity index is 1.85. The molecule has 1 unspecified atom stereocenters. The van der Waals surface area contributed by atoms with Gasteiger partial charge in [-0.05, 0) is 0 Å². The first-order chi connectivity index (χ1) is 9.25. The quantitative estimate of drug-likeness (QED) is 0.743. The summed E-state index contributed by atoms with van der Waals surface area (Å²) in [5.41, 5.74) is 6.16. The van der Waals surface area contributed by atoms with E-state index in [0.717, 1.165) is 3.63 Å². The number of allylic oxidation sites excluding steroid dienone is 1. The molecule has 2 aromatic carbocycles. The molecule has 0 saturated carbocycles. The summed E-state index contributed by atoms with van der Waals surface area (Å²) < 4.78 is 4.69. The van der Waals surface area contributed by atoms with Gasteiger partial charge in [0.25, 0.3) is 0 Å². The van der Waals surface area contributed by atoms with Crippen molar-refractivity contribution < 1.29 is 21.8 Å². The normalized spacial score (nSPS) is 16.9. The summed E-state index contributed by atoms with van der Waals surface area (Å²) in [7, 11) is 0. The van der Waals surface area contributed by atoms with Gasteiger partial charge in [-0.1, -0.05) is 0 Å². The zero-order valence-corrected chi connectivity index (χ0v) is 14.0. The van der Waals surface area contributed by atoms with Gasteiger partial charge in [0.2, 0.25) is 0 Å². The first-order valence-electron chi connectivity index (χ1n) is 6.89. The molecule has 1 atom stereocenters. The van der Waals surface area contributed by atoms with Crippen LogP contribution >= 0.6 is 0 Å². The number of rotatable bonds is 3. The van der Waals surface area contributed by atoms with Crippen molar-refractivity contribution in [1.82, 2.24) is 0 Å². The summed E-state index contributed by atoms with van der Waals surface area (Å²) in [5, 5.41) is 0. The maximum atomic E-state index is 2.57. The molecule has 1 aliphatic rings. The summed E-state index contributed by atoms with van der Waals surface area (Å²) in [6.07, 6.45) is 2.40. The van der Waals surface area contributed by atoms with Gasteiger partial charge < -0.3 is 0 Å². The number of fused-ring (bicyclic) bond motifs is 1. The van der Waals surface area contributed by atoms with Gasteiger partial charge in [-0.15, -0.1) is 0 Å². The molecule has 0 radical (unpaired) electrons. The van der Waals surface area contributed by atoms with E-state index in [2.05, 4.69) is 72.2 Å². The van der Waals surface area contributed by atoms with Crippen LogP contribution in [0.1, 0.15) is 27.2 Å². The van der Waals surface area contributed by atoms with E-state index in [1.54, 1.807) is 11.1 Å². The fraction of sp³-hybridized carbons (Fsp3) is 0.222. The first-order valence-corrected chi connectivity index (χ1v) is 12.5. The van der Waals surface area contributed by atoms with Gasteiger partial charge >= 0.3 is 124 Å². The van der Waals surface area contributed by atoms with Crippen LogP contribution in [0.4, 0.5) is 0 Å². The molecule has 0 bridgehead atoms. The van der Waals surface area contributed by atoms with Crippen LogP contribution in [0.3, 0.4) is 0 Å². The van der Waals surface area contributed by atoms with E-state index in [1.165, 1.54) is 15.3 Å². The third-order valence-electron chi connectivity index (χ3n) is 3.96. The SMILES string of the molecule is CC1=Cc2ccccc2[CH]1[Zr]([CH3])[CH2]c1ccccc1. The zero-order valence-electron chi connectivity index (χ0n) is 11.6. The Morgan fingerprint density at radius 2 is 1.63 bits per heavy atom. The zero-order chi connectivity index (χ0) is 13.2. The molecule has 0 nitrogen and oxygen atoms in total. The minimum atomic E-state index is -1.46. The Labute approximate surface area is 123 Å². The Morgan fingerprint density at radius 1 is 0.947 bits per heavy atom. The van der Waals surface area contributed by atoms with Crippen molar-refractivity contribution in [3.8, 4) is 0 Å². The van der Waals surface area contributed by atoms with Crippen molar-refractivity contribution >= 4 is 6.08 Å². The summed E-state index contributed by atoms with van der Waals surface area (Å²) in [4.78, 5) is 0. The fourth-order valence-corrected chi connectivity index (χ4v) is 9.88. The standard InChI is InChI=1S/C10H9.C7H7.CH3.Zr/c1-8-6-9-4-2-3-5-10(9)7-8;1-7-5-3-2-4-6-7;;/h2-7H,1H3;2-6H,1H2;1H3;. The van der Waals surface area contributed by atoms with E-state index >= 15 is 0 Å². The molecule has 0 spiro atoms. The molecule has 0 saturated heterocycles. The van der Waals surface area contributed by atoms with Crippen molar-refractivity contribution in [2.75, 3.05) is 0 Å². The van der Waals surface area contributed by atoms with Crippen LogP contribution in [-0.4, -0.2) is 0 Å². The third-order valence-corrected chi connectivity index (χ3v) is 10.6. The second kappa shape index (κ2) is 5.59. The van der Waals surface area contributed by atoms with Crippen molar-refractivity contribution in [3.63, 3.8) is 0 Å². The van der Waals surface area contributed by atoms with Crippen LogP contribution in [0.5, 0.6) is 0 Å². The van der Waals surface area contributed by atoms with Crippen LogP contribution in [0.2, 0.25) is 4.63 Å². The molecule has 0 amide bonds. The minimum absolute atomic E-state index is 0.777. The molecule has 2 aromatic rings. The second-order valence-electron chi connectivity index (χ2n) is 5.46. The number of hydrogen-bond acceptors (Lipinski definition) is 0. The maximum absolute atomic E-state index is 2.57. The van der Waals surface area contributed by atoms with E-state index in [4.69, 9.17) is 0 Å². The molecule has 95 valence electrons. The summed E-state index contributed by atoms with van der Waals surface area (Å²) in [5.74, 6) is 0. The first kappa shape index (κ1) is 13.1. The van der Waals surface area contributed by atoms with Crippen molar-refractivity contribution in [2.45, 2.75) is 19.3 Å². The van der Waals surface area contributed by atoms with Crippen LogP contribution in [0.15, 0.2) is 60.2 Å². The summed E-state index contributed by atoms with van der Waals surface area (Å²) >= 11 is -1.46. The van der Waals surface area contributed by atoms with E-state index in [9.17, 15) is 0 Å². The Bertz CT molecular complexity index is 598. The van der Waals surface area contributed by atoms with Crippen molar-refractivity contribution in [1.29, 1.82) is 0 Å². The predicted octanol–water partition coefficient (Wildman–Crippen LogP) is 5.01. The predicted molar refractivity (Wildman–Crippen MR) is 78.8 cm³/mol. The van der Waals surface area contributed by atoms with E-state index in [0.29, 0.717) is 0 Å². The molecule has 0 fully saturated rings. The molecular formula is C18H19Zr. The van der Waals surface area contributed by atoms with Gasteiger partial charge in [-0.2, -0.15) is 0 Å². The molecule has 0 aromatic heterocycles. The number of benzene rings is 2. The fourth-order valence-electron chi connectivity index (χ4n) is 3.15. The van der Waals surface area contributed by atoms with Gasteiger partial charge in [0.05, 0.1) is 0 Å². The molecule has 0 aliphatic heterocycles. The third kappa shape index (κ3) is 2.67. The molecule has 3 rings (SSSR count). The van der Waals surface area contributed by atoms with Gasteiger partial charge in [0.15, 0.2) is 0 Å². The second-order valence-corrected chi connectivity index (χ2v) is 11.9. The Kier molecular flexibility index (Phi) is 3.84. The Morgan fingerprint density at radius 3 is 2.42 bits per heavy atom. The van der Waals surface area contributed by atoms with Crippen LogP contribution in [-0.2, 0) is 25.9 Å². The van der Waals surface area contributed by atoms with Gasteiger partial charge in [0, 0.05) is 0 Å². The Hall–Kier alpha value is -0.937. The number of hydrogen-bond donors (Lipinski definition) is 0. The summed E-state index contributed by atoms with van der Waals surface area (Å²) in [6, 6.07) is 19.9. The van der Waals surface area contributed by atoms with E-state index in [-0.39, 0.29) is 0 Å². The monoisotopic (exact) mass is 325 g/mol.